The average Bonchev–Trinajstić information content (AvgIpc) is 2.56. The summed E-state index contributed by atoms with van der Waals surface area (Å²) in [4.78, 5) is 8.01. The minimum Gasteiger partial charge on any atom is -0.294 e. The highest BCUT2D eigenvalue weighted by molar-refractivity contribution is 8.17. The van der Waals surface area contributed by atoms with Gasteiger partial charge >= 0.3 is 0 Å². The van der Waals surface area contributed by atoms with E-state index in [4.69, 9.17) is 4.99 Å². The first kappa shape index (κ1) is 14.9. The first-order valence-corrected chi connectivity index (χ1v) is 7.54. The molecule has 0 aromatic heterocycles. The molecule has 0 fully saturated rings. The number of allylic oxidation sites excluding steroid dienone is 1. The summed E-state index contributed by atoms with van der Waals surface area (Å²) in [6.07, 6.45) is 0. The summed E-state index contributed by atoms with van der Waals surface area (Å²) in [6.45, 7) is 18.7. The molecule has 2 nitrogen and oxygen atoms in total. The lowest BCUT2D eigenvalue weighted by Gasteiger charge is -2.26. The monoisotopic (exact) mass is 286 g/mol. The molecule has 0 aliphatic carbocycles. The summed E-state index contributed by atoms with van der Waals surface area (Å²) in [7, 11) is 0. The van der Waals surface area contributed by atoms with Gasteiger partial charge in [0.15, 0.2) is 5.17 Å². The van der Waals surface area contributed by atoms with Crippen molar-refractivity contribution in [3.05, 3.63) is 53.1 Å². The molecule has 0 amide bonds. The van der Waals surface area contributed by atoms with Crippen molar-refractivity contribution in [2.24, 2.45) is 4.99 Å². The number of aliphatic imine (C=N–C) groups is 1. The summed E-state index contributed by atoms with van der Waals surface area (Å²) < 4.78 is 0. The number of amidine groups is 1. The quantitative estimate of drug-likeness (QED) is 0.757. The first-order chi connectivity index (χ1) is 9.22. The third kappa shape index (κ3) is 2.68. The average molecular weight is 286 g/mol. The number of hydrogen-bond donors (Lipinski definition) is 0. The highest BCUT2D eigenvalue weighted by Gasteiger charge is 2.33. The molecule has 1 aromatic carbocycles. The van der Waals surface area contributed by atoms with E-state index in [0.29, 0.717) is 0 Å². The zero-order chi connectivity index (χ0) is 15.1. The van der Waals surface area contributed by atoms with E-state index in [-0.39, 0.29) is 5.54 Å². The molecular weight excluding hydrogens is 264 g/mol. The zero-order valence-corrected chi connectivity index (χ0v) is 13.8. The molecule has 0 radical (unpaired) electrons. The fourth-order valence-electron chi connectivity index (χ4n) is 2.18. The number of thioether (sulfide) groups is 1. The van der Waals surface area contributed by atoms with Crippen molar-refractivity contribution >= 4 is 22.6 Å². The molecule has 0 saturated carbocycles. The molecular formula is C17H22N2S. The number of benzene rings is 1. The molecule has 0 bridgehead atoms. The molecule has 20 heavy (non-hydrogen) atoms. The number of aryl methyl sites for hydroxylation is 2. The number of nitrogens with zero attached hydrogens (tertiary/aromatic N) is 2. The maximum atomic E-state index is 4.81. The first-order valence-electron chi connectivity index (χ1n) is 6.72. The second kappa shape index (κ2) is 5.13. The van der Waals surface area contributed by atoms with Gasteiger partial charge in [0.2, 0.25) is 0 Å². The standard InChI is InChI=1S/C17H22N2S/c1-11(2)19(15-9-8-12(3)10-13(15)4)16-18-17(6,7)14(5)20-16/h8-10H,1,5H2,2-4,6-7H3. The van der Waals surface area contributed by atoms with Crippen molar-refractivity contribution in [1.29, 1.82) is 0 Å². The number of hydrogen-bond acceptors (Lipinski definition) is 3. The predicted molar refractivity (Wildman–Crippen MR) is 91.5 cm³/mol. The molecule has 0 N–H and O–H groups in total. The van der Waals surface area contributed by atoms with Crippen molar-refractivity contribution < 1.29 is 0 Å². The molecule has 0 saturated heterocycles. The Morgan fingerprint density at radius 3 is 2.40 bits per heavy atom. The van der Waals surface area contributed by atoms with Gasteiger partial charge in [0.1, 0.15) is 0 Å². The van der Waals surface area contributed by atoms with Crippen molar-refractivity contribution in [2.75, 3.05) is 4.90 Å². The fourth-order valence-corrected chi connectivity index (χ4v) is 3.32. The third-order valence-corrected chi connectivity index (χ3v) is 4.64. The van der Waals surface area contributed by atoms with E-state index in [1.54, 1.807) is 11.8 Å². The third-order valence-electron chi connectivity index (χ3n) is 3.44. The van der Waals surface area contributed by atoms with Gasteiger partial charge in [-0.3, -0.25) is 9.89 Å². The topological polar surface area (TPSA) is 15.6 Å². The van der Waals surface area contributed by atoms with Crippen LogP contribution in [0.25, 0.3) is 0 Å². The van der Waals surface area contributed by atoms with Crippen LogP contribution in [0, 0.1) is 13.8 Å². The Hall–Kier alpha value is -1.48. The van der Waals surface area contributed by atoms with Gasteiger partial charge < -0.3 is 0 Å². The minimum atomic E-state index is -0.216. The summed E-state index contributed by atoms with van der Waals surface area (Å²) >= 11 is 1.64. The maximum absolute atomic E-state index is 4.81. The molecule has 0 unspecified atom stereocenters. The summed E-state index contributed by atoms with van der Waals surface area (Å²) in [6, 6.07) is 6.44. The molecule has 0 spiro atoms. The molecule has 1 aliphatic heterocycles. The van der Waals surface area contributed by atoms with E-state index < -0.39 is 0 Å². The van der Waals surface area contributed by atoms with Crippen molar-refractivity contribution in [3.63, 3.8) is 0 Å². The lowest BCUT2D eigenvalue weighted by atomic mass is 10.1. The summed E-state index contributed by atoms with van der Waals surface area (Å²) in [5.41, 5.74) is 4.38. The second-order valence-corrected chi connectivity index (χ2v) is 6.90. The Balaban J connectivity index is 2.49. The van der Waals surface area contributed by atoms with E-state index in [0.717, 1.165) is 21.5 Å². The Labute approximate surface area is 126 Å². The van der Waals surface area contributed by atoms with Crippen LogP contribution in [-0.2, 0) is 0 Å². The highest BCUT2D eigenvalue weighted by Crippen LogP contribution is 2.41. The van der Waals surface area contributed by atoms with Gasteiger partial charge in [0.25, 0.3) is 0 Å². The van der Waals surface area contributed by atoms with Crippen LogP contribution in [0.5, 0.6) is 0 Å². The predicted octanol–water partition coefficient (Wildman–Crippen LogP) is 5.04. The van der Waals surface area contributed by atoms with E-state index >= 15 is 0 Å². The Morgan fingerprint density at radius 2 is 1.95 bits per heavy atom. The summed E-state index contributed by atoms with van der Waals surface area (Å²) in [5.74, 6) is 0. The van der Waals surface area contributed by atoms with Crippen LogP contribution in [0.1, 0.15) is 31.9 Å². The van der Waals surface area contributed by atoms with Crippen LogP contribution in [-0.4, -0.2) is 10.7 Å². The van der Waals surface area contributed by atoms with Crippen LogP contribution in [0.4, 0.5) is 5.69 Å². The summed E-state index contributed by atoms with van der Waals surface area (Å²) in [5, 5.41) is 0.958. The second-order valence-electron chi connectivity index (χ2n) is 5.84. The lowest BCUT2D eigenvalue weighted by Crippen LogP contribution is -2.26. The normalized spacial score (nSPS) is 17.1. The Kier molecular flexibility index (Phi) is 3.83. The van der Waals surface area contributed by atoms with Crippen LogP contribution in [0.15, 0.2) is 47.0 Å². The molecule has 1 aliphatic rings. The number of rotatable bonds is 2. The van der Waals surface area contributed by atoms with Crippen LogP contribution < -0.4 is 4.90 Å². The van der Waals surface area contributed by atoms with E-state index in [1.165, 1.54) is 11.1 Å². The van der Waals surface area contributed by atoms with Crippen LogP contribution in [0.2, 0.25) is 0 Å². The minimum absolute atomic E-state index is 0.216. The molecule has 1 heterocycles. The van der Waals surface area contributed by atoms with E-state index in [9.17, 15) is 0 Å². The van der Waals surface area contributed by atoms with Gasteiger partial charge in [0.05, 0.1) is 11.2 Å². The van der Waals surface area contributed by atoms with Crippen LogP contribution >= 0.6 is 11.8 Å². The maximum Gasteiger partial charge on any atom is 0.173 e. The SMILES string of the molecule is C=C(C)N(C1=NC(C)(C)C(=C)S1)c1ccc(C)cc1C. The molecule has 0 atom stereocenters. The smallest absolute Gasteiger partial charge is 0.173 e. The Morgan fingerprint density at radius 1 is 1.30 bits per heavy atom. The van der Waals surface area contributed by atoms with E-state index in [1.807, 2.05) is 6.92 Å². The fraction of sp³-hybridized carbons (Fsp3) is 0.353. The van der Waals surface area contributed by atoms with Gasteiger partial charge in [-0.2, -0.15) is 0 Å². The zero-order valence-electron chi connectivity index (χ0n) is 12.9. The van der Waals surface area contributed by atoms with Crippen molar-refractivity contribution in [3.8, 4) is 0 Å². The number of anilines is 1. The molecule has 2 rings (SSSR count). The van der Waals surface area contributed by atoms with Crippen LogP contribution in [0.3, 0.4) is 0 Å². The highest BCUT2D eigenvalue weighted by atomic mass is 32.2. The van der Waals surface area contributed by atoms with E-state index in [2.05, 4.69) is 64.0 Å². The van der Waals surface area contributed by atoms with Gasteiger partial charge in [-0.05, 0) is 46.2 Å². The van der Waals surface area contributed by atoms with Gasteiger partial charge in [0, 0.05) is 10.6 Å². The molecule has 3 heteroatoms. The van der Waals surface area contributed by atoms with Crippen molar-refractivity contribution in [2.45, 2.75) is 40.2 Å². The lowest BCUT2D eigenvalue weighted by molar-refractivity contribution is 0.656. The van der Waals surface area contributed by atoms with Gasteiger partial charge in [-0.1, -0.05) is 42.6 Å². The molecule has 1 aromatic rings. The largest absolute Gasteiger partial charge is 0.294 e. The van der Waals surface area contributed by atoms with Gasteiger partial charge in [-0.15, -0.1) is 0 Å². The van der Waals surface area contributed by atoms with Crippen molar-refractivity contribution in [1.82, 2.24) is 0 Å². The molecule has 106 valence electrons. The Bertz CT molecular complexity index is 611. The van der Waals surface area contributed by atoms with Gasteiger partial charge in [-0.25, -0.2) is 0 Å².